The van der Waals surface area contributed by atoms with Gasteiger partial charge in [0.05, 0.1) is 0 Å². The first-order valence-corrected chi connectivity index (χ1v) is 10.2. The van der Waals surface area contributed by atoms with Gasteiger partial charge in [-0.05, 0) is 68.9 Å². The first kappa shape index (κ1) is 21.6. The van der Waals surface area contributed by atoms with E-state index in [1.165, 1.54) is 67.2 Å². The van der Waals surface area contributed by atoms with Gasteiger partial charge in [0.1, 0.15) is 0 Å². The molecule has 0 aliphatic rings. The van der Waals surface area contributed by atoms with Gasteiger partial charge in [0.25, 0.3) is 0 Å². The molecule has 25 heavy (non-hydrogen) atoms. The third-order valence-electron chi connectivity index (χ3n) is 5.26. The number of aryl methyl sites for hydroxylation is 3. The Morgan fingerprint density at radius 2 is 1.80 bits per heavy atom. The van der Waals surface area contributed by atoms with Crippen molar-refractivity contribution in [2.24, 2.45) is 11.8 Å². The van der Waals surface area contributed by atoms with Crippen molar-refractivity contribution in [1.82, 2.24) is 0 Å². The molecule has 0 heteroatoms. The zero-order valence-electron chi connectivity index (χ0n) is 17.2. The zero-order chi connectivity index (χ0) is 18.7. The van der Waals surface area contributed by atoms with Crippen molar-refractivity contribution in [2.45, 2.75) is 86.0 Å². The number of hydrogen-bond donors (Lipinski definition) is 0. The van der Waals surface area contributed by atoms with Crippen molar-refractivity contribution in [3.63, 3.8) is 0 Å². The number of terminal acetylenes is 1. The third-order valence-corrected chi connectivity index (χ3v) is 5.26. The van der Waals surface area contributed by atoms with E-state index >= 15 is 0 Å². The summed E-state index contributed by atoms with van der Waals surface area (Å²) < 4.78 is 0. The van der Waals surface area contributed by atoms with Crippen molar-refractivity contribution in [3.8, 4) is 12.3 Å². The van der Waals surface area contributed by atoms with E-state index in [0.29, 0.717) is 11.8 Å². The van der Waals surface area contributed by atoms with Crippen LogP contribution in [0.2, 0.25) is 0 Å². The Hall–Kier alpha value is -1.48. The molecule has 0 heterocycles. The maximum absolute atomic E-state index is 5.81. The van der Waals surface area contributed by atoms with Crippen LogP contribution < -0.4 is 0 Å². The standard InChI is InChI=1S/C25H38/c1-7-11-25(12-8-2)23(9-3)17-15-20(4)13-10-14-24-18-16-21(5)19-22(24)6/h3,16-20,25H,7-8,10-15H2,1-2,4-6H3/b23-17+. The normalized spacial score (nSPS) is 13.1. The number of allylic oxidation sites excluding steroid dienone is 2. The van der Waals surface area contributed by atoms with Crippen LogP contribution in [0, 0.1) is 38.0 Å². The highest BCUT2D eigenvalue weighted by Crippen LogP contribution is 2.24. The number of hydrogen-bond acceptors (Lipinski definition) is 0. The van der Waals surface area contributed by atoms with Crippen LogP contribution in [0.3, 0.4) is 0 Å². The fraction of sp³-hybridized carbons (Fsp3) is 0.600. The summed E-state index contributed by atoms with van der Waals surface area (Å²) in [6.07, 6.45) is 17.9. The third kappa shape index (κ3) is 7.96. The summed E-state index contributed by atoms with van der Waals surface area (Å²) in [6.45, 7) is 11.3. The average molecular weight is 339 g/mol. The van der Waals surface area contributed by atoms with Gasteiger partial charge in [0, 0.05) is 5.57 Å². The first-order chi connectivity index (χ1) is 12.0. The van der Waals surface area contributed by atoms with E-state index in [1.807, 2.05) is 0 Å². The predicted octanol–water partition coefficient (Wildman–Crippen LogP) is 7.43. The minimum absolute atomic E-state index is 0.599. The molecule has 138 valence electrons. The second kappa shape index (κ2) is 12.0. The van der Waals surface area contributed by atoms with Crippen LogP contribution in [-0.4, -0.2) is 0 Å². The topological polar surface area (TPSA) is 0 Å². The average Bonchev–Trinajstić information content (AvgIpc) is 2.57. The molecule has 0 N–H and O–H groups in total. The molecule has 0 spiro atoms. The summed E-state index contributed by atoms with van der Waals surface area (Å²) in [5.74, 6) is 4.29. The van der Waals surface area contributed by atoms with Crippen LogP contribution in [-0.2, 0) is 6.42 Å². The summed E-state index contributed by atoms with van der Waals surface area (Å²) in [4.78, 5) is 0. The van der Waals surface area contributed by atoms with Crippen molar-refractivity contribution in [1.29, 1.82) is 0 Å². The Balaban J connectivity index is 2.48. The molecule has 1 aromatic rings. The highest BCUT2D eigenvalue weighted by Gasteiger charge is 2.11. The van der Waals surface area contributed by atoms with Crippen molar-refractivity contribution in [3.05, 3.63) is 46.5 Å². The van der Waals surface area contributed by atoms with E-state index in [1.54, 1.807) is 0 Å². The van der Waals surface area contributed by atoms with Crippen molar-refractivity contribution in [2.75, 3.05) is 0 Å². The van der Waals surface area contributed by atoms with Gasteiger partial charge in [-0.3, -0.25) is 0 Å². The molecule has 1 unspecified atom stereocenters. The van der Waals surface area contributed by atoms with E-state index < -0.39 is 0 Å². The minimum Gasteiger partial charge on any atom is -0.115 e. The Bertz CT molecular complexity index is 564. The molecular formula is C25H38. The molecule has 0 nitrogen and oxygen atoms in total. The molecule has 0 fully saturated rings. The maximum Gasteiger partial charge on any atom is 0.000880 e. The van der Waals surface area contributed by atoms with Gasteiger partial charge in [-0.1, -0.05) is 75.8 Å². The molecule has 0 radical (unpaired) electrons. The molecule has 0 amide bonds. The SMILES string of the molecule is C#C/C(=C\CC(C)CCCc1ccc(C)cc1C)C(CCC)CCC. The van der Waals surface area contributed by atoms with Crippen LogP contribution in [0.25, 0.3) is 0 Å². The lowest BCUT2D eigenvalue weighted by Gasteiger charge is -2.16. The number of benzene rings is 1. The van der Waals surface area contributed by atoms with Crippen LogP contribution in [0.5, 0.6) is 0 Å². The molecule has 0 saturated heterocycles. The monoisotopic (exact) mass is 338 g/mol. The summed E-state index contributed by atoms with van der Waals surface area (Å²) in [5, 5.41) is 0. The highest BCUT2D eigenvalue weighted by molar-refractivity contribution is 5.30. The molecule has 0 aliphatic carbocycles. The van der Waals surface area contributed by atoms with E-state index in [9.17, 15) is 0 Å². The number of rotatable bonds is 11. The van der Waals surface area contributed by atoms with E-state index in [-0.39, 0.29) is 0 Å². The Labute approximate surface area is 157 Å². The van der Waals surface area contributed by atoms with Crippen molar-refractivity contribution >= 4 is 0 Å². The lowest BCUT2D eigenvalue weighted by atomic mass is 9.88. The van der Waals surface area contributed by atoms with E-state index in [2.05, 4.69) is 64.8 Å². The fourth-order valence-electron chi connectivity index (χ4n) is 3.71. The largest absolute Gasteiger partial charge is 0.115 e. The van der Waals surface area contributed by atoms with Gasteiger partial charge in [0.15, 0.2) is 0 Å². The van der Waals surface area contributed by atoms with E-state index in [4.69, 9.17) is 6.42 Å². The second-order valence-electron chi connectivity index (χ2n) is 7.74. The van der Waals surface area contributed by atoms with Gasteiger partial charge in [-0.15, -0.1) is 6.42 Å². The second-order valence-corrected chi connectivity index (χ2v) is 7.74. The fourth-order valence-corrected chi connectivity index (χ4v) is 3.71. The lowest BCUT2D eigenvalue weighted by Crippen LogP contribution is -2.04. The van der Waals surface area contributed by atoms with Crippen LogP contribution >= 0.6 is 0 Å². The summed E-state index contributed by atoms with van der Waals surface area (Å²) in [7, 11) is 0. The molecule has 0 aromatic heterocycles. The lowest BCUT2D eigenvalue weighted by molar-refractivity contribution is 0.496. The Kier molecular flexibility index (Phi) is 10.3. The van der Waals surface area contributed by atoms with Crippen LogP contribution in [0.4, 0.5) is 0 Å². The zero-order valence-corrected chi connectivity index (χ0v) is 17.2. The quantitative estimate of drug-likeness (QED) is 0.368. The van der Waals surface area contributed by atoms with Gasteiger partial charge in [0.2, 0.25) is 0 Å². The summed E-state index contributed by atoms with van der Waals surface area (Å²) >= 11 is 0. The Morgan fingerprint density at radius 3 is 2.36 bits per heavy atom. The molecule has 0 bridgehead atoms. The minimum atomic E-state index is 0.599. The molecule has 0 aliphatic heterocycles. The molecular weight excluding hydrogens is 300 g/mol. The summed E-state index contributed by atoms with van der Waals surface area (Å²) in [5.41, 5.74) is 5.55. The molecule has 1 aromatic carbocycles. The molecule has 1 rings (SSSR count). The van der Waals surface area contributed by atoms with Gasteiger partial charge >= 0.3 is 0 Å². The summed E-state index contributed by atoms with van der Waals surface area (Å²) in [6, 6.07) is 6.82. The first-order valence-electron chi connectivity index (χ1n) is 10.2. The van der Waals surface area contributed by atoms with Gasteiger partial charge in [-0.25, -0.2) is 0 Å². The van der Waals surface area contributed by atoms with Gasteiger partial charge < -0.3 is 0 Å². The smallest absolute Gasteiger partial charge is 0.000880 e. The highest BCUT2D eigenvalue weighted by atomic mass is 14.2. The maximum atomic E-state index is 5.81. The van der Waals surface area contributed by atoms with Crippen LogP contribution in [0.1, 0.15) is 82.4 Å². The molecule has 0 saturated carbocycles. The van der Waals surface area contributed by atoms with E-state index in [0.717, 1.165) is 6.42 Å². The van der Waals surface area contributed by atoms with Gasteiger partial charge in [-0.2, -0.15) is 0 Å². The molecule has 1 atom stereocenters. The van der Waals surface area contributed by atoms with Crippen LogP contribution in [0.15, 0.2) is 29.8 Å². The Morgan fingerprint density at radius 1 is 1.12 bits per heavy atom. The predicted molar refractivity (Wildman–Crippen MR) is 113 cm³/mol. The van der Waals surface area contributed by atoms with Crippen molar-refractivity contribution < 1.29 is 0 Å².